The van der Waals surface area contributed by atoms with Gasteiger partial charge in [0.2, 0.25) is 0 Å². The molecule has 0 aliphatic carbocycles. The second-order valence-electron chi connectivity index (χ2n) is 4.53. The van der Waals surface area contributed by atoms with Gasteiger partial charge in [0, 0.05) is 33.2 Å². The largest absolute Gasteiger partial charge is 0.390 e. The molecule has 7 heteroatoms. The summed E-state index contributed by atoms with van der Waals surface area (Å²) >= 11 is 0. The maximum atomic E-state index is 9.89. The number of aryl methyl sites for hydroxylation is 1. The number of hydrogen-bond donors (Lipinski definition) is 2. The lowest BCUT2D eigenvalue weighted by Gasteiger charge is -2.28. The predicted octanol–water partition coefficient (Wildman–Crippen LogP) is -1.40. The van der Waals surface area contributed by atoms with E-state index in [1.807, 2.05) is 7.05 Å². The van der Waals surface area contributed by atoms with Crippen LogP contribution in [0.5, 0.6) is 0 Å². The number of β-amino-alcohol motifs (C(OH)–C–C–N with tert-alkyl or cyclic N) is 1. The van der Waals surface area contributed by atoms with Gasteiger partial charge in [-0.2, -0.15) is 5.10 Å². The third kappa shape index (κ3) is 4.34. The van der Waals surface area contributed by atoms with Gasteiger partial charge in [-0.1, -0.05) is 0 Å². The summed E-state index contributed by atoms with van der Waals surface area (Å²) in [7, 11) is 1.84. The van der Waals surface area contributed by atoms with E-state index in [2.05, 4.69) is 20.3 Å². The summed E-state index contributed by atoms with van der Waals surface area (Å²) in [5.74, 6) is 0.746. The first-order chi connectivity index (χ1) is 8.74. The topological polar surface area (TPSA) is 75.4 Å². The van der Waals surface area contributed by atoms with Crippen LogP contribution < -0.4 is 5.32 Å². The van der Waals surface area contributed by atoms with Gasteiger partial charge in [-0.05, 0) is 0 Å². The van der Waals surface area contributed by atoms with Crippen molar-refractivity contribution in [2.45, 2.75) is 12.6 Å². The van der Waals surface area contributed by atoms with Crippen LogP contribution in [0.25, 0.3) is 0 Å². The van der Waals surface area contributed by atoms with E-state index in [9.17, 15) is 5.11 Å². The third-order valence-electron chi connectivity index (χ3n) is 2.88. The van der Waals surface area contributed by atoms with Gasteiger partial charge in [-0.15, -0.1) is 0 Å². The summed E-state index contributed by atoms with van der Waals surface area (Å²) in [5, 5.41) is 17.2. The highest BCUT2D eigenvalue weighted by molar-refractivity contribution is 4.80. The summed E-state index contributed by atoms with van der Waals surface area (Å²) in [5.41, 5.74) is 0. The van der Waals surface area contributed by atoms with Crippen LogP contribution in [-0.4, -0.2) is 70.3 Å². The smallest absolute Gasteiger partial charge is 0.164 e. The fourth-order valence-electron chi connectivity index (χ4n) is 1.96. The molecule has 0 aromatic carbocycles. The summed E-state index contributed by atoms with van der Waals surface area (Å²) in [4.78, 5) is 6.33. The van der Waals surface area contributed by atoms with Crippen LogP contribution in [0, 0.1) is 0 Å². The summed E-state index contributed by atoms with van der Waals surface area (Å²) in [6.07, 6.45) is 1.30. The summed E-state index contributed by atoms with van der Waals surface area (Å²) in [6, 6.07) is 0. The molecule has 1 unspecified atom stereocenters. The Balaban J connectivity index is 1.60. The van der Waals surface area contributed by atoms with E-state index in [1.165, 1.54) is 0 Å². The molecule has 0 radical (unpaired) electrons. The molecule has 0 spiro atoms. The number of aliphatic hydroxyl groups is 1. The fourth-order valence-corrected chi connectivity index (χ4v) is 1.96. The van der Waals surface area contributed by atoms with Crippen molar-refractivity contribution >= 4 is 0 Å². The molecule has 1 aliphatic rings. The average Bonchev–Trinajstić information content (AvgIpc) is 2.76. The van der Waals surface area contributed by atoms with E-state index >= 15 is 0 Å². The van der Waals surface area contributed by atoms with Gasteiger partial charge in [-0.3, -0.25) is 9.58 Å². The van der Waals surface area contributed by atoms with E-state index in [4.69, 9.17) is 4.74 Å². The highest BCUT2D eigenvalue weighted by Crippen LogP contribution is 1.98. The van der Waals surface area contributed by atoms with Crippen molar-refractivity contribution in [1.82, 2.24) is 25.0 Å². The minimum absolute atomic E-state index is 0.369. The fraction of sp³-hybridized carbons (Fsp3) is 0.818. The van der Waals surface area contributed by atoms with Crippen LogP contribution in [0.3, 0.4) is 0 Å². The predicted molar refractivity (Wildman–Crippen MR) is 66.0 cm³/mol. The van der Waals surface area contributed by atoms with Crippen molar-refractivity contribution in [2.24, 2.45) is 7.05 Å². The number of nitrogens with zero attached hydrogens (tertiary/aromatic N) is 4. The van der Waals surface area contributed by atoms with Crippen LogP contribution in [0.4, 0.5) is 0 Å². The monoisotopic (exact) mass is 255 g/mol. The van der Waals surface area contributed by atoms with Crippen LogP contribution in [0.2, 0.25) is 0 Å². The van der Waals surface area contributed by atoms with E-state index in [1.54, 1.807) is 11.0 Å². The normalized spacial score (nSPS) is 19.0. The molecule has 1 aromatic heterocycles. The van der Waals surface area contributed by atoms with Crippen LogP contribution in [0.1, 0.15) is 5.82 Å². The molecule has 7 nitrogen and oxygen atoms in total. The Morgan fingerprint density at radius 2 is 2.28 bits per heavy atom. The summed E-state index contributed by atoms with van der Waals surface area (Å²) in [6.45, 7) is 5.15. The lowest BCUT2D eigenvalue weighted by Crippen LogP contribution is -2.43. The second kappa shape index (κ2) is 6.79. The molecule has 0 saturated carbocycles. The lowest BCUT2D eigenvalue weighted by molar-refractivity contribution is 0.0149. The van der Waals surface area contributed by atoms with Gasteiger partial charge >= 0.3 is 0 Å². The molecule has 1 aromatic rings. The maximum Gasteiger partial charge on any atom is 0.164 e. The van der Waals surface area contributed by atoms with Crippen molar-refractivity contribution in [3.8, 4) is 0 Å². The first kappa shape index (κ1) is 13.4. The van der Waals surface area contributed by atoms with Crippen molar-refractivity contribution in [2.75, 3.05) is 39.4 Å². The Labute approximate surface area is 107 Å². The molecule has 0 bridgehead atoms. The standard InChI is InChI=1S/C11H21N5O2/c1-15-9-13-11(14-15)7-12-6-10(17)8-16-2-4-18-5-3-16/h9-10,12,17H,2-8H2,1H3. The zero-order valence-electron chi connectivity index (χ0n) is 10.7. The van der Waals surface area contributed by atoms with Gasteiger partial charge < -0.3 is 15.2 Å². The summed E-state index contributed by atoms with van der Waals surface area (Å²) < 4.78 is 6.93. The maximum absolute atomic E-state index is 9.89. The number of ether oxygens (including phenoxy) is 1. The van der Waals surface area contributed by atoms with Gasteiger partial charge in [0.15, 0.2) is 5.82 Å². The van der Waals surface area contributed by atoms with Gasteiger partial charge in [0.05, 0.1) is 25.9 Å². The minimum Gasteiger partial charge on any atom is -0.390 e. The minimum atomic E-state index is -0.369. The van der Waals surface area contributed by atoms with Crippen LogP contribution >= 0.6 is 0 Å². The number of rotatable bonds is 6. The molecule has 1 aliphatic heterocycles. The van der Waals surface area contributed by atoms with Crippen molar-refractivity contribution in [1.29, 1.82) is 0 Å². The number of aromatic nitrogens is 3. The molecule has 2 rings (SSSR count). The first-order valence-electron chi connectivity index (χ1n) is 6.27. The van der Waals surface area contributed by atoms with Gasteiger partial charge in [-0.25, -0.2) is 4.98 Å². The van der Waals surface area contributed by atoms with Crippen molar-refractivity contribution in [3.05, 3.63) is 12.2 Å². The number of hydrogen-bond acceptors (Lipinski definition) is 6. The molecule has 18 heavy (non-hydrogen) atoms. The van der Waals surface area contributed by atoms with E-state index in [0.29, 0.717) is 19.6 Å². The van der Waals surface area contributed by atoms with Gasteiger partial charge in [0.1, 0.15) is 6.33 Å². The highest BCUT2D eigenvalue weighted by atomic mass is 16.5. The SMILES string of the molecule is Cn1cnc(CNCC(O)CN2CCOCC2)n1. The quantitative estimate of drug-likeness (QED) is 0.651. The number of nitrogens with one attached hydrogen (secondary N) is 1. The second-order valence-corrected chi connectivity index (χ2v) is 4.53. The molecule has 102 valence electrons. The average molecular weight is 255 g/mol. The van der Waals surface area contributed by atoms with Crippen LogP contribution in [0.15, 0.2) is 6.33 Å². The number of morpholine rings is 1. The van der Waals surface area contributed by atoms with Crippen LogP contribution in [-0.2, 0) is 18.3 Å². The van der Waals surface area contributed by atoms with E-state index < -0.39 is 0 Å². The highest BCUT2D eigenvalue weighted by Gasteiger charge is 2.14. The van der Waals surface area contributed by atoms with E-state index in [0.717, 1.165) is 32.1 Å². The Morgan fingerprint density at radius 3 is 2.94 bits per heavy atom. The Hall–Kier alpha value is -1.02. The molecule has 1 fully saturated rings. The molecule has 1 atom stereocenters. The zero-order valence-corrected chi connectivity index (χ0v) is 10.7. The number of aliphatic hydroxyl groups excluding tert-OH is 1. The zero-order chi connectivity index (χ0) is 12.8. The molecule has 2 N–H and O–H groups in total. The molecule has 1 saturated heterocycles. The van der Waals surface area contributed by atoms with Crippen molar-refractivity contribution in [3.63, 3.8) is 0 Å². The third-order valence-corrected chi connectivity index (χ3v) is 2.88. The van der Waals surface area contributed by atoms with Gasteiger partial charge in [0.25, 0.3) is 0 Å². The van der Waals surface area contributed by atoms with E-state index in [-0.39, 0.29) is 6.10 Å². The molecular formula is C11H21N5O2. The Bertz CT molecular complexity index is 351. The molecule has 2 heterocycles. The lowest BCUT2D eigenvalue weighted by atomic mass is 10.3. The first-order valence-corrected chi connectivity index (χ1v) is 6.27. The Morgan fingerprint density at radius 1 is 1.50 bits per heavy atom. The Kier molecular flexibility index (Phi) is 5.06. The molecular weight excluding hydrogens is 234 g/mol. The van der Waals surface area contributed by atoms with Crippen molar-refractivity contribution < 1.29 is 9.84 Å². The molecule has 0 amide bonds.